The minimum absolute atomic E-state index is 0.0146. The van der Waals surface area contributed by atoms with Gasteiger partial charge in [0.05, 0.1) is 30.8 Å². The zero-order valence-corrected chi connectivity index (χ0v) is 11.3. The maximum Gasteiger partial charge on any atom is 0.305 e. The summed E-state index contributed by atoms with van der Waals surface area (Å²) < 4.78 is 5.15. The number of carboxylic acid groups (broad SMARTS) is 1. The van der Waals surface area contributed by atoms with Crippen LogP contribution >= 0.6 is 0 Å². The van der Waals surface area contributed by atoms with Gasteiger partial charge in [-0.2, -0.15) is 0 Å². The first-order valence-electron chi connectivity index (χ1n) is 6.17. The fourth-order valence-electron chi connectivity index (χ4n) is 2.57. The molecule has 1 amide bonds. The highest BCUT2D eigenvalue weighted by Gasteiger charge is 2.36. The smallest absolute Gasteiger partial charge is 0.305 e. The van der Waals surface area contributed by atoms with Crippen LogP contribution in [0.2, 0.25) is 0 Å². The number of nitrogens with zero attached hydrogens (tertiary/aromatic N) is 1. The molecule has 1 aliphatic heterocycles. The van der Waals surface area contributed by atoms with Crippen molar-refractivity contribution >= 4 is 23.3 Å². The number of anilines is 1. The van der Waals surface area contributed by atoms with E-state index in [1.54, 1.807) is 18.2 Å². The number of aliphatic carboxylic acids is 1. The van der Waals surface area contributed by atoms with Crippen molar-refractivity contribution in [2.45, 2.75) is 25.8 Å². The summed E-state index contributed by atoms with van der Waals surface area (Å²) in [7, 11) is 1.45. The summed E-state index contributed by atoms with van der Waals surface area (Å²) in [6.45, 7) is 1.36. The average molecular weight is 277 g/mol. The van der Waals surface area contributed by atoms with E-state index < -0.39 is 12.0 Å². The molecule has 20 heavy (non-hydrogen) atoms. The number of benzene rings is 1. The number of carbonyl (C=O) groups is 3. The molecule has 0 radical (unpaired) electrons. The third kappa shape index (κ3) is 2.36. The predicted octanol–water partition coefficient (Wildman–Crippen LogP) is 1.48. The van der Waals surface area contributed by atoms with E-state index in [2.05, 4.69) is 0 Å². The molecule has 1 heterocycles. The summed E-state index contributed by atoms with van der Waals surface area (Å²) in [5.41, 5.74) is 0.756. The van der Waals surface area contributed by atoms with E-state index in [9.17, 15) is 14.4 Å². The summed E-state index contributed by atoms with van der Waals surface area (Å²) in [5.74, 6) is -1.15. The van der Waals surface area contributed by atoms with E-state index in [4.69, 9.17) is 9.84 Å². The van der Waals surface area contributed by atoms with Gasteiger partial charge in [-0.15, -0.1) is 0 Å². The van der Waals surface area contributed by atoms with Crippen LogP contribution in [0.25, 0.3) is 0 Å². The quantitative estimate of drug-likeness (QED) is 0.904. The zero-order chi connectivity index (χ0) is 14.9. The van der Waals surface area contributed by atoms with E-state index in [1.807, 2.05) is 0 Å². The third-order valence-corrected chi connectivity index (χ3v) is 3.30. The Kier molecular flexibility index (Phi) is 3.74. The van der Waals surface area contributed by atoms with Gasteiger partial charge in [-0.3, -0.25) is 14.4 Å². The molecule has 6 nitrogen and oxygen atoms in total. The molecule has 1 aromatic rings. The van der Waals surface area contributed by atoms with E-state index in [0.29, 0.717) is 17.0 Å². The first-order chi connectivity index (χ1) is 9.45. The molecule has 1 aromatic carbocycles. The Hall–Kier alpha value is -2.37. The van der Waals surface area contributed by atoms with Crippen LogP contribution in [0.5, 0.6) is 5.75 Å². The van der Waals surface area contributed by atoms with Crippen LogP contribution in [-0.4, -0.2) is 35.9 Å². The lowest BCUT2D eigenvalue weighted by molar-refractivity contribution is -0.137. The molecule has 1 N–H and O–H groups in total. The van der Waals surface area contributed by atoms with Crippen LogP contribution in [0.3, 0.4) is 0 Å². The number of hydrogen-bond donors (Lipinski definition) is 1. The van der Waals surface area contributed by atoms with Gasteiger partial charge in [0.15, 0.2) is 5.78 Å². The SMILES string of the molecule is COc1cccc2c1C(=O)CC(CC(=O)O)N2C(C)=O. The maximum atomic E-state index is 12.2. The Labute approximate surface area is 115 Å². The van der Waals surface area contributed by atoms with Gasteiger partial charge < -0.3 is 14.7 Å². The molecule has 106 valence electrons. The molecule has 6 heteroatoms. The monoisotopic (exact) mass is 277 g/mol. The number of methoxy groups -OCH3 is 1. The first-order valence-corrected chi connectivity index (χ1v) is 6.17. The molecule has 1 unspecified atom stereocenters. The summed E-state index contributed by atoms with van der Waals surface area (Å²) in [5, 5.41) is 8.93. The van der Waals surface area contributed by atoms with E-state index in [0.717, 1.165) is 0 Å². The van der Waals surface area contributed by atoms with Gasteiger partial charge in [-0.1, -0.05) is 6.07 Å². The zero-order valence-electron chi connectivity index (χ0n) is 11.3. The topological polar surface area (TPSA) is 83.9 Å². The standard InChI is InChI=1S/C14H15NO5/c1-8(16)15-9(7-13(18)19)6-11(17)14-10(15)4-3-5-12(14)20-2/h3-5,9H,6-7H2,1-2H3,(H,18,19). The molecule has 0 aromatic heterocycles. The van der Waals surface area contributed by atoms with Crippen molar-refractivity contribution in [1.29, 1.82) is 0 Å². The summed E-state index contributed by atoms with van der Waals surface area (Å²) in [4.78, 5) is 36.3. The number of carbonyl (C=O) groups excluding carboxylic acids is 2. The van der Waals surface area contributed by atoms with Crippen molar-refractivity contribution in [2.24, 2.45) is 0 Å². The first kappa shape index (κ1) is 14.0. The summed E-state index contributed by atoms with van der Waals surface area (Å²) in [6.07, 6.45) is -0.277. The maximum absolute atomic E-state index is 12.2. The highest BCUT2D eigenvalue weighted by Crippen LogP contribution is 2.37. The number of amides is 1. The number of rotatable bonds is 3. The Morgan fingerprint density at radius 1 is 1.45 bits per heavy atom. The molecule has 1 aliphatic rings. The molecule has 0 aliphatic carbocycles. The van der Waals surface area contributed by atoms with Crippen molar-refractivity contribution in [3.05, 3.63) is 23.8 Å². The second-order valence-electron chi connectivity index (χ2n) is 4.62. The molecule has 0 saturated heterocycles. The molecular weight excluding hydrogens is 262 g/mol. The van der Waals surface area contributed by atoms with Crippen molar-refractivity contribution in [3.63, 3.8) is 0 Å². The second kappa shape index (κ2) is 5.32. The minimum Gasteiger partial charge on any atom is -0.496 e. The van der Waals surface area contributed by atoms with Crippen LogP contribution in [0, 0.1) is 0 Å². The van der Waals surface area contributed by atoms with Gasteiger partial charge in [0.2, 0.25) is 5.91 Å². The van der Waals surface area contributed by atoms with Crippen molar-refractivity contribution in [2.75, 3.05) is 12.0 Å². The Bertz CT molecular complexity index is 581. The van der Waals surface area contributed by atoms with Gasteiger partial charge in [-0.25, -0.2) is 0 Å². The van der Waals surface area contributed by atoms with Crippen LogP contribution in [0.1, 0.15) is 30.1 Å². The Balaban J connectivity index is 2.55. The highest BCUT2D eigenvalue weighted by atomic mass is 16.5. The van der Waals surface area contributed by atoms with Crippen molar-refractivity contribution in [1.82, 2.24) is 0 Å². The van der Waals surface area contributed by atoms with E-state index in [-0.39, 0.29) is 24.5 Å². The van der Waals surface area contributed by atoms with Gasteiger partial charge in [0.25, 0.3) is 0 Å². The van der Waals surface area contributed by atoms with Crippen molar-refractivity contribution < 1.29 is 24.2 Å². The van der Waals surface area contributed by atoms with Crippen LogP contribution in [-0.2, 0) is 9.59 Å². The lowest BCUT2D eigenvalue weighted by Crippen LogP contribution is -2.45. The number of Topliss-reactive ketones (excluding diaryl/α,β-unsaturated/α-hetero) is 1. The second-order valence-corrected chi connectivity index (χ2v) is 4.62. The van der Waals surface area contributed by atoms with E-state index >= 15 is 0 Å². The van der Waals surface area contributed by atoms with Gasteiger partial charge in [0.1, 0.15) is 5.75 Å². The highest BCUT2D eigenvalue weighted by molar-refractivity contribution is 6.11. The molecule has 0 fully saturated rings. The Morgan fingerprint density at radius 3 is 2.70 bits per heavy atom. The molecule has 0 bridgehead atoms. The van der Waals surface area contributed by atoms with E-state index in [1.165, 1.54) is 18.9 Å². The van der Waals surface area contributed by atoms with Gasteiger partial charge >= 0.3 is 5.97 Å². The third-order valence-electron chi connectivity index (χ3n) is 3.30. The molecule has 0 saturated carbocycles. The fourth-order valence-corrected chi connectivity index (χ4v) is 2.57. The molecule has 2 rings (SSSR count). The van der Waals surface area contributed by atoms with Crippen LogP contribution in [0.4, 0.5) is 5.69 Å². The van der Waals surface area contributed by atoms with Crippen molar-refractivity contribution in [3.8, 4) is 5.75 Å². The number of ketones is 1. The van der Waals surface area contributed by atoms with Gasteiger partial charge in [0, 0.05) is 13.3 Å². The normalized spacial score (nSPS) is 17.6. The van der Waals surface area contributed by atoms with Crippen LogP contribution < -0.4 is 9.64 Å². The predicted molar refractivity (Wildman–Crippen MR) is 71.1 cm³/mol. The molecule has 0 spiro atoms. The average Bonchev–Trinajstić information content (AvgIpc) is 2.36. The number of hydrogen-bond acceptors (Lipinski definition) is 4. The van der Waals surface area contributed by atoms with Gasteiger partial charge in [-0.05, 0) is 12.1 Å². The van der Waals surface area contributed by atoms with Crippen LogP contribution in [0.15, 0.2) is 18.2 Å². The lowest BCUT2D eigenvalue weighted by Gasteiger charge is -2.35. The minimum atomic E-state index is -1.04. The molecule has 1 atom stereocenters. The molecular formula is C14H15NO5. The summed E-state index contributed by atoms with van der Waals surface area (Å²) >= 11 is 0. The largest absolute Gasteiger partial charge is 0.496 e. The Morgan fingerprint density at radius 2 is 2.15 bits per heavy atom. The number of carboxylic acids is 1. The summed E-state index contributed by atoms with van der Waals surface area (Å²) in [6, 6.07) is 4.29. The number of fused-ring (bicyclic) bond motifs is 1. The fraction of sp³-hybridized carbons (Fsp3) is 0.357. The lowest BCUT2D eigenvalue weighted by atomic mass is 9.92. The number of ether oxygens (including phenoxy) is 1.